The summed E-state index contributed by atoms with van der Waals surface area (Å²) >= 11 is 0. The van der Waals surface area contributed by atoms with E-state index < -0.39 is 6.10 Å². The van der Waals surface area contributed by atoms with Crippen LogP contribution in [0, 0.1) is 0 Å². The largest absolute Gasteiger partial charge is 0.497 e. The van der Waals surface area contributed by atoms with Crippen molar-refractivity contribution in [2.75, 3.05) is 13.7 Å². The lowest BCUT2D eigenvalue weighted by atomic mass is 10.0. The number of unbranched alkanes of at least 4 members (excludes halogenated alkanes) is 1. The van der Waals surface area contributed by atoms with Crippen LogP contribution in [0.4, 0.5) is 0 Å². The maximum absolute atomic E-state index is 9.79. The monoisotopic (exact) mass is 210 g/mol. The van der Waals surface area contributed by atoms with Crippen LogP contribution in [-0.2, 0) is 0 Å². The molecule has 0 spiro atoms. The molecular formula is C12H18O3. The average molecular weight is 210 g/mol. The fraction of sp³-hybridized carbons (Fsp3) is 0.500. The maximum atomic E-state index is 9.79. The Balaban J connectivity index is 2.46. The number of aliphatic hydroxyl groups excluding tert-OH is 2. The molecule has 15 heavy (non-hydrogen) atoms. The quantitative estimate of drug-likeness (QED) is 0.705. The minimum atomic E-state index is -0.442. The lowest BCUT2D eigenvalue weighted by Gasteiger charge is -2.10. The van der Waals surface area contributed by atoms with Crippen LogP contribution < -0.4 is 4.74 Å². The van der Waals surface area contributed by atoms with Gasteiger partial charge in [-0.05, 0) is 37.0 Å². The van der Waals surface area contributed by atoms with Crippen molar-refractivity contribution in [3.63, 3.8) is 0 Å². The Morgan fingerprint density at radius 3 is 2.40 bits per heavy atom. The zero-order valence-corrected chi connectivity index (χ0v) is 9.02. The van der Waals surface area contributed by atoms with Crippen molar-refractivity contribution >= 4 is 0 Å². The third-order valence-corrected chi connectivity index (χ3v) is 2.39. The van der Waals surface area contributed by atoms with Crippen LogP contribution in [0.1, 0.15) is 30.9 Å². The minimum absolute atomic E-state index is 0.190. The topological polar surface area (TPSA) is 49.7 Å². The summed E-state index contributed by atoms with van der Waals surface area (Å²) in [7, 11) is 1.62. The fourth-order valence-electron chi connectivity index (χ4n) is 1.44. The number of ether oxygens (including phenoxy) is 1. The lowest BCUT2D eigenvalue weighted by molar-refractivity contribution is 0.159. The first-order valence-electron chi connectivity index (χ1n) is 5.21. The van der Waals surface area contributed by atoms with E-state index in [2.05, 4.69) is 0 Å². The molecule has 0 aliphatic heterocycles. The van der Waals surface area contributed by atoms with Gasteiger partial charge in [0.05, 0.1) is 13.2 Å². The molecule has 84 valence electrons. The molecule has 0 fully saturated rings. The molecule has 0 amide bonds. The van der Waals surface area contributed by atoms with Crippen molar-refractivity contribution in [1.82, 2.24) is 0 Å². The van der Waals surface area contributed by atoms with Crippen molar-refractivity contribution in [3.8, 4) is 5.75 Å². The minimum Gasteiger partial charge on any atom is -0.497 e. The lowest BCUT2D eigenvalue weighted by Crippen LogP contribution is -1.98. The van der Waals surface area contributed by atoms with E-state index in [1.165, 1.54) is 0 Å². The normalized spacial score (nSPS) is 12.5. The van der Waals surface area contributed by atoms with Crippen LogP contribution >= 0.6 is 0 Å². The Kier molecular flexibility index (Phi) is 5.15. The second-order valence-corrected chi connectivity index (χ2v) is 3.51. The SMILES string of the molecule is COc1ccc(C(O)CCCCO)cc1. The highest BCUT2D eigenvalue weighted by Crippen LogP contribution is 2.21. The van der Waals surface area contributed by atoms with Gasteiger partial charge in [-0.1, -0.05) is 12.1 Å². The van der Waals surface area contributed by atoms with Gasteiger partial charge in [0.1, 0.15) is 5.75 Å². The molecule has 0 saturated carbocycles. The van der Waals surface area contributed by atoms with E-state index in [-0.39, 0.29) is 6.61 Å². The molecule has 3 heteroatoms. The summed E-state index contributed by atoms with van der Waals surface area (Å²) in [4.78, 5) is 0. The Morgan fingerprint density at radius 1 is 1.20 bits per heavy atom. The highest BCUT2D eigenvalue weighted by atomic mass is 16.5. The molecule has 1 rings (SSSR count). The highest BCUT2D eigenvalue weighted by molar-refractivity contribution is 5.28. The van der Waals surface area contributed by atoms with Gasteiger partial charge in [0.25, 0.3) is 0 Å². The second kappa shape index (κ2) is 6.43. The number of methoxy groups -OCH3 is 1. The number of benzene rings is 1. The van der Waals surface area contributed by atoms with Crippen LogP contribution in [0.2, 0.25) is 0 Å². The van der Waals surface area contributed by atoms with E-state index in [1.54, 1.807) is 7.11 Å². The molecule has 1 unspecified atom stereocenters. The van der Waals surface area contributed by atoms with Gasteiger partial charge in [0, 0.05) is 6.61 Å². The molecule has 2 N–H and O–H groups in total. The van der Waals surface area contributed by atoms with Gasteiger partial charge < -0.3 is 14.9 Å². The van der Waals surface area contributed by atoms with Gasteiger partial charge in [0.15, 0.2) is 0 Å². The number of hydrogen-bond donors (Lipinski definition) is 2. The van der Waals surface area contributed by atoms with Crippen LogP contribution in [0.25, 0.3) is 0 Å². The molecule has 3 nitrogen and oxygen atoms in total. The molecule has 0 bridgehead atoms. The smallest absolute Gasteiger partial charge is 0.118 e. The predicted octanol–water partition coefficient (Wildman–Crippen LogP) is 1.89. The van der Waals surface area contributed by atoms with E-state index in [4.69, 9.17) is 9.84 Å². The molecule has 1 aromatic rings. The van der Waals surface area contributed by atoms with Gasteiger partial charge in [-0.15, -0.1) is 0 Å². The summed E-state index contributed by atoms with van der Waals surface area (Å²) in [5.41, 5.74) is 0.897. The molecule has 1 aromatic carbocycles. The summed E-state index contributed by atoms with van der Waals surface area (Å²) in [6.07, 6.45) is 1.83. The van der Waals surface area contributed by atoms with E-state index in [9.17, 15) is 5.11 Å². The summed E-state index contributed by atoms with van der Waals surface area (Å²) < 4.78 is 5.03. The zero-order valence-electron chi connectivity index (χ0n) is 9.02. The van der Waals surface area contributed by atoms with Gasteiger partial charge in [-0.25, -0.2) is 0 Å². The van der Waals surface area contributed by atoms with Gasteiger partial charge in [-0.3, -0.25) is 0 Å². The molecule has 0 aromatic heterocycles. The number of rotatable bonds is 6. The van der Waals surface area contributed by atoms with E-state index in [0.717, 1.165) is 24.2 Å². The Hall–Kier alpha value is -1.06. The number of aliphatic hydroxyl groups is 2. The summed E-state index contributed by atoms with van der Waals surface area (Å²) in [6, 6.07) is 7.40. The van der Waals surface area contributed by atoms with Crippen molar-refractivity contribution in [2.45, 2.75) is 25.4 Å². The summed E-state index contributed by atoms with van der Waals surface area (Å²) in [5, 5.41) is 18.4. The molecule has 0 saturated heterocycles. The van der Waals surface area contributed by atoms with Crippen molar-refractivity contribution in [3.05, 3.63) is 29.8 Å². The Bertz CT molecular complexity index is 269. The van der Waals surface area contributed by atoms with Gasteiger partial charge >= 0.3 is 0 Å². The van der Waals surface area contributed by atoms with Crippen molar-refractivity contribution in [2.24, 2.45) is 0 Å². The highest BCUT2D eigenvalue weighted by Gasteiger charge is 2.06. The van der Waals surface area contributed by atoms with Gasteiger partial charge in [-0.2, -0.15) is 0 Å². The Labute approximate surface area is 90.3 Å². The first-order chi connectivity index (χ1) is 7.27. The Morgan fingerprint density at radius 2 is 1.87 bits per heavy atom. The first kappa shape index (κ1) is 12.0. The van der Waals surface area contributed by atoms with Crippen LogP contribution in [0.15, 0.2) is 24.3 Å². The van der Waals surface area contributed by atoms with Crippen LogP contribution in [0.3, 0.4) is 0 Å². The fourth-order valence-corrected chi connectivity index (χ4v) is 1.44. The van der Waals surface area contributed by atoms with Crippen LogP contribution in [0.5, 0.6) is 5.75 Å². The molecule has 0 aliphatic rings. The van der Waals surface area contributed by atoms with E-state index in [0.29, 0.717) is 6.42 Å². The predicted molar refractivity (Wildman–Crippen MR) is 58.9 cm³/mol. The molecular weight excluding hydrogens is 192 g/mol. The van der Waals surface area contributed by atoms with E-state index >= 15 is 0 Å². The number of hydrogen-bond acceptors (Lipinski definition) is 3. The molecule has 0 heterocycles. The third kappa shape index (κ3) is 3.90. The summed E-state index contributed by atoms with van der Waals surface area (Å²) in [6.45, 7) is 0.190. The van der Waals surface area contributed by atoms with Crippen LogP contribution in [-0.4, -0.2) is 23.9 Å². The van der Waals surface area contributed by atoms with E-state index in [1.807, 2.05) is 24.3 Å². The molecule has 0 aliphatic carbocycles. The zero-order chi connectivity index (χ0) is 11.1. The standard InChI is InChI=1S/C12H18O3/c1-15-11-7-5-10(6-8-11)12(14)4-2-3-9-13/h5-8,12-14H,2-4,9H2,1H3. The second-order valence-electron chi connectivity index (χ2n) is 3.51. The molecule has 1 atom stereocenters. The summed E-state index contributed by atoms with van der Waals surface area (Å²) in [5.74, 6) is 0.793. The third-order valence-electron chi connectivity index (χ3n) is 2.39. The first-order valence-corrected chi connectivity index (χ1v) is 5.21. The van der Waals surface area contributed by atoms with Crippen molar-refractivity contribution < 1.29 is 14.9 Å². The maximum Gasteiger partial charge on any atom is 0.118 e. The molecule has 0 radical (unpaired) electrons. The average Bonchev–Trinajstić information content (AvgIpc) is 2.29. The van der Waals surface area contributed by atoms with Crippen molar-refractivity contribution in [1.29, 1.82) is 0 Å². The van der Waals surface area contributed by atoms with Gasteiger partial charge in [0.2, 0.25) is 0 Å².